The number of morpholine rings is 4. The van der Waals surface area contributed by atoms with E-state index in [-0.39, 0.29) is 50.3 Å². The summed E-state index contributed by atoms with van der Waals surface area (Å²) in [5.74, 6) is 0. The molecule has 4 atom stereocenters. The van der Waals surface area contributed by atoms with Crippen LogP contribution in [0.4, 0.5) is 14.4 Å². The van der Waals surface area contributed by atoms with E-state index in [4.69, 9.17) is 48.8 Å². The van der Waals surface area contributed by atoms with Crippen molar-refractivity contribution >= 4 is 28.4 Å². The number of hydrogen-bond donors (Lipinski definition) is 2. The normalized spacial score (nSPS) is 22.6. The van der Waals surface area contributed by atoms with Crippen LogP contribution in [0.3, 0.4) is 0 Å². The van der Waals surface area contributed by atoms with Gasteiger partial charge < -0.3 is 58.3 Å². The Bertz CT molecular complexity index is 1460. The van der Waals surface area contributed by atoms with Gasteiger partial charge in [0.2, 0.25) is 0 Å². The van der Waals surface area contributed by atoms with Crippen molar-refractivity contribution in [3.63, 3.8) is 0 Å². The number of nitrogens with one attached hydrogen (secondary N) is 1. The summed E-state index contributed by atoms with van der Waals surface area (Å²) >= 11 is 0. The number of aliphatic hydroxyl groups is 1. The number of aliphatic hydroxyl groups excluding tert-OH is 1. The largest absolute Gasteiger partial charge is 0.444 e. The minimum absolute atomic E-state index is 0.0701. The summed E-state index contributed by atoms with van der Waals surface area (Å²) in [5.41, 5.74) is -1.53. The first kappa shape index (κ1) is 53.5. The molecule has 4 rings (SSSR count). The number of nitrogens with zero attached hydrogens (tertiary/aromatic N) is 5. The average Bonchev–Trinajstić information content (AvgIpc) is 3.13. The molecule has 21 heteroatoms. The maximum atomic E-state index is 11.8. The van der Waals surface area contributed by atoms with E-state index in [0.717, 1.165) is 26.0 Å². The Morgan fingerprint density at radius 1 is 0.661 bits per heavy atom. The fourth-order valence-corrected chi connectivity index (χ4v) is 5.52. The number of carbonyl (C=O) groups excluding carboxylic acids is 3. The van der Waals surface area contributed by atoms with E-state index in [1.54, 1.807) is 30.6 Å². The van der Waals surface area contributed by atoms with Crippen LogP contribution in [-0.2, 0) is 47.5 Å². The quantitative estimate of drug-likeness (QED) is 0.288. The van der Waals surface area contributed by atoms with Gasteiger partial charge in [-0.1, -0.05) is 0 Å². The second-order valence-electron chi connectivity index (χ2n) is 16.9. The second-order valence-corrected chi connectivity index (χ2v) is 18.5. The van der Waals surface area contributed by atoms with Gasteiger partial charge in [-0.25, -0.2) is 14.4 Å². The number of amides is 3. The molecule has 4 aliphatic heterocycles. The number of carbonyl (C=O) groups is 3. The number of hydrogen-bond acceptors (Lipinski definition) is 17. The highest BCUT2D eigenvalue weighted by atomic mass is 32.2. The lowest BCUT2D eigenvalue weighted by Gasteiger charge is -2.33. The van der Waals surface area contributed by atoms with Crippen molar-refractivity contribution < 1.29 is 65.2 Å². The van der Waals surface area contributed by atoms with Crippen LogP contribution in [0, 0.1) is 22.7 Å². The minimum atomic E-state index is -3.50. The highest BCUT2D eigenvalue weighted by Gasteiger charge is 2.30. The van der Waals surface area contributed by atoms with Gasteiger partial charge in [-0.05, 0) is 62.3 Å². The molecule has 0 aliphatic carbocycles. The predicted octanol–water partition coefficient (Wildman–Crippen LogP) is 2.64. The van der Waals surface area contributed by atoms with E-state index < -0.39 is 39.1 Å². The van der Waals surface area contributed by atoms with E-state index in [9.17, 15) is 22.8 Å². The molecule has 2 N–H and O–H groups in total. The van der Waals surface area contributed by atoms with Gasteiger partial charge in [0, 0.05) is 32.7 Å². The molecule has 0 unspecified atom stereocenters. The Balaban J connectivity index is 0.000000404. The van der Waals surface area contributed by atoms with Crippen molar-refractivity contribution in [2.45, 2.75) is 116 Å². The van der Waals surface area contributed by atoms with Crippen molar-refractivity contribution in [1.29, 1.82) is 10.5 Å². The molecule has 4 saturated heterocycles. The van der Waals surface area contributed by atoms with Crippen LogP contribution in [0.5, 0.6) is 0 Å². The Kier molecular flexibility index (Phi) is 23.5. The predicted molar refractivity (Wildman–Crippen MR) is 214 cm³/mol. The van der Waals surface area contributed by atoms with Crippen LogP contribution in [-0.4, -0.2) is 186 Å². The zero-order valence-corrected chi connectivity index (χ0v) is 37.3. The fraction of sp³-hybridized carbons (Fsp3) is 0.868. The van der Waals surface area contributed by atoms with Crippen molar-refractivity contribution in [2.24, 2.45) is 0 Å². The van der Waals surface area contributed by atoms with Crippen LogP contribution >= 0.6 is 0 Å². The Labute approximate surface area is 350 Å². The summed E-state index contributed by atoms with van der Waals surface area (Å²) in [7, 11) is -3.50. The molecule has 3 amide bonds. The van der Waals surface area contributed by atoms with Gasteiger partial charge in [0.1, 0.15) is 22.9 Å². The third-order valence-corrected chi connectivity index (χ3v) is 8.25. The molecule has 0 radical (unpaired) electrons. The number of ether oxygens (including phenoxy) is 7. The second kappa shape index (κ2) is 25.9. The Morgan fingerprint density at radius 2 is 1.03 bits per heavy atom. The monoisotopic (exact) mass is 864 g/mol. The lowest BCUT2D eigenvalue weighted by molar-refractivity contribution is -0.0593. The van der Waals surface area contributed by atoms with Gasteiger partial charge in [0.05, 0.1) is 109 Å². The molecule has 4 heterocycles. The summed E-state index contributed by atoms with van der Waals surface area (Å²) in [6.45, 7) is 22.4. The third-order valence-electron chi connectivity index (χ3n) is 7.69. The zero-order valence-electron chi connectivity index (χ0n) is 36.5. The molecule has 59 heavy (non-hydrogen) atoms. The molecule has 340 valence electrons. The van der Waals surface area contributed by atoms with Gasteiger partial charge in [-0.15, -0.1) is 0 Å². The van der Waals surface area contributed by atoms with Crippen molar-refractivity contribution in [2.75, 3.05) is 98.3 Å². The highest BCUT2D eigenvalue weighted by Crippen LogP contribution is 2.16. The van der Waals surface area contributed by atoms with Crippen LogP contribution in [0.25, 0.3) is 0 Å². The molecule has 4 fully saturated rings. The van der Waals surface area contributed by atoms with Crippen molar-refractivity contribution in [3.8, 4) is 12.1 Å². The lowest BCUT2D eigenvalue weighted by Crippen LogP contribution is -2.48. The Hall–Kier alpha value is -3.54. The SMILES string of the molecule is CC(C)(C)OC(=O)N1CCO[C@H](CC#N)C1.CC(C)(C)OC(=O)N1CCO[C@H](CO)C1.CC(C)(C)OC(=O)N1CCO[C@H](COS(C)(=O)=O)C1.N#CC[C@@H]1CNCCO1. The molecule has 0 bridgehead atoms. The highest BCUT2D eigenvalue weighted by molar-refractivity contribution is 7.85. The first-order valence-corrected chi connectivity index (χ1v) is 21.5. The van der Waals surface area contributed by atoms with E-state index in [0.29, 0.717) is 65.4 Å². The van der Waals surface area contributed by atoms with Gasteiger partial charge in [0.25, 0.3) is 10.1 Å². The third kappa shape index (κ3) is 26.3. The molecule has 0 aromatic carbocycles. The van der Waals surface area contributed by atoms with E-state index in [1.165, 1.54) is 4.90 Å². The molecule has 20 nitrogen and oxygen atoms in total. The molecular weight excluding hydrogens is 797 g/mol. The van der Waals surface area contributed by atoms with Gasteiger partial charge in [-0.3, -0.25) is 4.18 Å². The minimum Gasteiger partial charge on any atom is -0.444 e. The van der Waals surface area contributed by atoms with E-state index in [2.05, 4.69) is 15.6 Å². The van der Waals surface area contributed by atoms with Crippen molar-refractivity contribution in [3.05, 3.63) is 0 Å². The maximum absolute atomic E-state index is 11.8. The van der Waals surface area contributed by atoms with Crippen LogP contribution < -0.4 is 5.32 Å². The van der Waals surface area contributed by atoms with E-state index in [1.807, 2.05) is 47.6 Å². The Morgan fingerprint density at radius 3 is 1.41 bits per heavy atom. The zero-order chi connectivity index (χ0) is 44.9. The summed E-state index contributed by atoms with van der Waals surface area (Å²) < 4.78 is 63.3. The number of nitriles is 2. The fourth-order valence-electron chi connectivity index (χ4n) is 5.12. The van der Waals surface area contributed by atoms with Gasteiger partial charge in [0.15, 0.2) is 0 Å². The van der Waals surface area contributed by atoms with Crippen molar-refractivity contribution in [1.82, 2.24) is 20.0 Å². The molecule has 0 saturated carbocycles. The van der Waals surface area contributed by atoms with Gasteiger partial charge in [-0.2, -0.15) is 18.9 Å². The first-order chi connectivity index (χ1) is 27.3. The molecule has 0 spiro atoms. The van der Waals surface area contributed by atoms with E-state index >= 15 is 0 Å². The standard InChI is InChI=1S/C11H18N2O3.C11H21NO6S.C10H19NO4.C6H10N2O/c1-11(2,3)16-10(14)13-6-7-15-9(8-13)4-5-12;1-11(2,3)18-10(13)12-5-6-16-9(7-12)8-17-19(4,14)15;1-10(2,3)15-9(13)11-4-5-14-8(6-11)7-12;7-2-1-6-5-8-3-4-9-6/h9H,4,6-8H2,1-3H3;9H,5-8H2,1-4H3;8,12H,4-7H2,1-3H3;6,8H,1,3-5H2/t2*9-;8-;6-/m1001/s1. The smallest absolute Gasteiger partial charge is 0.410 e. The molecule has 0 aromatic heterocycles. The molecular formula is C38H68N6O14S. The molecule has 0 aromatic rings. The summed E-state index contributed by atoms with van der Waals surface area (Å²) in [6, 6.07) is 4.11. The topological polar surface area (TPSA) is 249 Å². The van der Waals surface area contributed by atoms with Gasteiger partial charge >= 0.3 is 18.3 Å². The first-order valence-electron chi connectivity index (χ1n) is 19.6. The summed E-state index contributed by atoms with van der Waals surface area (Å²) in [6.07, 6.45) is -0.131. The molecule has 4 aliphatic rings. The maximum Gasteiger partial charge on any atom is 0.410 e. The average molecular weight is 865 g/mol. The van der Waals surface area contributed by atoms with Crippen LogP contribution in [0.2, 0.25) is 0 Å². The van der Waals surface area contributed by atoms with Crippen LogP contribution in [0.15, 0.2) is 0 Å². The lowest BCUT2D eigenvalue weighted by atomic mass is 10.2. The number of rotatable bonds is 6. The summed E-state index contributed by atoms with van der Waals surface area (Å²) in [4.78, 5) is 39.9. The van der Waals surface area contributed by atoms with Crippen LogP contribution in [0.1, 0.15) is 75.2 Å². The summed E-state index contributed by atoms with van der Waals surface area (Å²) in [5, 5.41) is 28.9.